The summed E-state index contributed by atoms with van der Waals surface area (Å²) in [6, 6.07) is 6.50. The van der Waals surface area contributed by atoms with Gasteiger partial charge in [-0.1, -0.05) is 32.9 Å². The predicted molar refractivity (Wildman–Crippen MR) is 93.1 cm³/mol. The zero-order valence-electron chi connectivity index (χ0n) is 15.1. The molecule has 0 atom stereocenters. The molecular formula is C19H29FN2O2. The van der Waals surface area contributed by atoms with Crippen LogP contribution in [0.2, 0.25) is 0 Å². The SMILES string of the molecule is CC(C)(C)CC(=O)N(CCN1CCOCC1)Cc1cccc(F)c1. The minimum absolute atomic E-state index is 0.0593. The van der Waals surface area contributed by atoms with Crippen LogP contribution in [-0.4, -0.2) is 55.1 Å². The Bertz CT molecular complexity index is 536. The standard InChI is InChI=1S/C19H29FN2O2/c1-19(2,3)14-18(23)22(8-7-21-9-11-24-12-10-21)15-16-5-4-6-17(20)13-16/h4-6,13H,7-12,14-15H2,1-3H3. The normalized spacial score (nSPS) is 16.2. The number of benzene rings is 1. The summed E-state index contributed by atoms with van der Waals surface area (Å²) < 4.78 is 18.8. The molecular weight excluding hydrogens is 307 g/mol. The molecule has 1 fully saturated rings. The fourth-order valence-electron chi connectivity index (χ4n) is 2.80. The minimum Gasteiger partial charge on any atom is -0.379 e. The molecule has 2 rings (SSSR count). The summed E-state index contributed by atoms with van der Waals surface area (Å²) >= 11 is 0. The van der Waals surface area contributed by atoms with Gasteiger partial charge >= 0.3 is 0 Å². The van der Waals surface area contributed by atoms with E-state index in [1.165, 1.54) is 12.1 Å². The molecule has 134 valence electrons. The largest absolute Gasteiger partial charge is 0.379 e. The van der Waals surface area contributed by atoms with Crippen molar-refractivity contribution in [3.05, 3.63) is 35.6 Å². The fourth-order valence-corrected chi connectivity index (χ4v) is 2.80. The Balaban J connectivity index is 2.00. The first-order chi connectivity index (χ1) is 11.3. The average molecular weight is 336 g/mol. The van der Waals surface area contributed by atoms with E-state index in [4.69, 9.17) is 4.74 Å². The second-order valence-corrected chi connectivity index (χ2v) is 7.64. The zero-order valence-corrected chi connectivity index (χ0v) is 15.1. The van der Waals surface area contributed by atoms with Crippen molar-refractivity contribution in [2.75, 3.05) is 39.4 Å². The number of morpholine rings is 1. The van der Waals surface area contributed by atoms with Crippen molar-refractivity contribution in [1.29, 1.82) is 0 Å². The molecule has 0 radical (unpaired) electrons. The monoisotopic (exact) mass is 336 g/mol. The Morgan fingerprint density at radius 2 is 2.00 bits per heavy atom. The third kappa shape index (κ3) is 6.57. The number of carbonyl (C=O) groups excluding carboxylic acids is 1. The lowest BCUT2D eigenvalue weighted by molar-refractivity contribution is -0.134. The maximum atomic E-state index is 13.4. The van der Waals surface area contributed by atoms with Gasteiger partial charge in [-0.15, -0.1) is 0 Å². The molecule has 0 aromatic heterocycles. The molecule has 0 N–H and O–H groups in total. The highest BCUT2D eigenvalue weighted by molar-refractivity contribution is 5.76. The van der Waals surface area contributed by atoms with E-state index in [9.17, 15) is 9.18 Å². The Kier molecular flexibility index (Phi) is 6.75. The molecule has 1 aliphatic heterocycles. The van der Waals surface area contributed by atoms with Crippen LogP contribution < -0.4 is 0 Å². The second kappa shape index (κ2) is 8.58. The second-order valence-electron chi connectivity index (χ2n) is 7.64. The summed E-state index contributed by atoms with van der Waals surface area (Å²) in [6.45, 7) is 11.4. The summed E-state index contributed by atoms with van der Waals surface area (Å²) in [5.41, 5.74) is 0.773. The van der Waals surface area contributed by atoms with E-state index in [-0.39, 0.29) is 17.1 Å². The quantitative estimate of drug-likeness (QED) is 0.801. The van der Waals surface area contributed by atoms with E-state index in [2.05, 4.69) is 25.7 Å². The molecule has 1 aromatic rings. The van der Waals surface area contributed by atoms with Crippen LogP contribution >= 0.6 is 0 Å². The number of nitrogens with zero attached hydrogens (tertiary/aromatic N) is 2. The first-order valence-corrected chi connectivity index (χ1v) is 8.66. The van der Waals surface area contributed by atoms with E-state index in [0.717, 1.165) is 38.4 Å². The van der Waals surface area contributed by atoms with Crippen molar-refractivity contribution in [1.82, 2.24) is 9.80 Å². The lowest BCUT2D eigenvalue weighted by Gasteiger charge is -2.31. The van der Waals surface area contributed by atoms with Crippen LogP contribution in [0.15, 0.2) is 24.3 Å². The molecule has 1 saturated heterocycles. The average Bonchev–Trinajstić information content (AvgIpc) is 2.50. The topological polar surface area (TPSA) is 32.8 Å². The molecule has 0 saturated carbocycles. The molecule has 1 amide bonds. The molecule has 0 spiro atoms. The van der Waals surface area contributed by atoms with E-state index in [0.29, 0.717) is 19.5 Å². The summed E-state index contributed by atoms with van der Waals surface area (Å²) in [4.78, 5) is 16.9. The molecule has 1 heterocycles. The van der Waals surface area contributed by atoms with Gasteiger partial charge in [0.05, 0.1) is 13.2 Å². The first kappa shape index (κ1) is 18.9. The number of hydrogen-bond acceptors (Lipinski definition) is 3. The van der Waals surface area contributed by atoms with Gasteiger partial charge in [0.1, 0.15) is 5.82 Å². The maximum Gasteiger partial charge on any atom is 0.223 e. The highest BCUT2D eigenvalue weighted by atomic mass is 19.1. The Morgan fingerprint density at radius 3 is 2.62 bits per heavy atom. The molecule has 24 heavy (non-hydrogen) atoms. The highest BCUT2D eigenvalue weighted by Crippen LogP contribution is 2.21. The molecule has 1 aromatic carbocycles. The fraction of sp³-hybridized carbons (Fsp3) is 0.632. The third-order valence-electron chi connectivity index (χ3n) is 4.09. The van der Waals surface area contributed by atoms with Crippen LogP contribution in [0.25, 0.3) is 0 Å². The number of rotatable bonds is 6. The van der Waals surface area contributed by atoms with Gasteiger partial charge in [0.15, 0.2) is 0 Å². The molecule has 0 aliphatic carbocycles. The molecule has 1 aliphatic rings. The van der Waals surface area contributed by atoms with Crippen molar-refractivity contribution in [2.45, 2.75) is 33.7 Å². The van der Waals surface area contributed by atoms with Gasteiger partial charge in [0.25, 0.3) is 0 Å². The van der Waals surface area contributed by atoms with Gasteiger partial charge in [-0.05, 0) is 23.1 Å². The number of hydrogen-bond donors (Lipinski definition) is 0. The third-order valence-corrected chi connectivity index (χ3v) is 4.09. The molecule has 4 nitrogen and oxygen atoms in total. The summed E-state index contributed by atoms with van der Waals surface area (Å²) in [5.74, 6) is -0.135. The highest BCUT2D eigenvalue weighted by Gasteiger charge is 2.22. The maximum absolute atomic E-state index is 13.4. The predicted octanol–water partition coefficient (Wildman–Crippen LogP) is 2.92. The van der Waals surface area contributed by atoms with Crippen LogP contribution in [0.4, 0.5) is 4.39 Å². The summed E-state index contributed by atoms with van der Waals surface area (Å²) in [6.07, 6.45) is 0.491. The Labute approximate surface area is 144 Å². The lowest BCUT2D eigenvalue weighted by Crippen LogP contribution is -2.43. The van der Waals surface area contributed by atoms with E-state index >= 15 is 0 Å². The van der Waals surface area contributed by atoms with Crippen LogP contribution in [0.5, 0.6) is 0 Å². The Hall–Kier alpha value is -1.46. The molecule has 0 unspecified atom stereocenters. The van der Waals surface area contributed by atoms with Gasteiger partial charge in [-0.2, -0.15) is 0 Å². The van der Waals surface area contributed by atoms with Crippen molar-refractivity contribution in [2.24, 2.45) is 5.41 Å². The minimum atomic E-state index is -0.260. The van der Waals surface area contributed by atoms with Crippen LogP contribution in [0.1, 0.15) is 32.8 Å². The van der Waals surface area contributed by atoms with E-state index in [1.807, 2.05) is 11.0 Å². The van der Waals surface area contributed by atoms with Gasteiger partial charge < -0.3 is 9.64 Å². The van der Waals surface area contributed by atoms with Crippen LogP contribution in [-0.2, 0) is 16.1 Å². The smallest absolute Gasteiger partial charge is 0.223 e. The van der Waals surface area contributed by atoms with E-state index in [1.54, 1.807) is 6.07 Å². The summed E-state index contributed by atoms with van der Waals surface area (Å²) in [5, 5.41) is 0. The van der Waals surface area contributed by atoms with Crippen molar-refractivity contribution < 1.29 is 13.9 Å². The zero-order chi connectivity index (χ0) is 17.6. The van der Waals surface area contributed by atoms with Crippen molar-refractivity contribution >= 4 is 5.91 Å². The number of halogens is 1. The lowest BCUT2D eigenvalue weighted by atomic mass is 9.91. The number of carbonyl (C=O) groups is 1. The number of amides is 1. The van der Waals surface area contributed by atoms with Gasteiger partial charge in [0.2, 0.25) is 5.91 Å². The van der Waals surface area contributed by atoms with Gasteiger partial charge in [-0.25, -0.2) is 4.39 Å². The summed E-state index contributed by atoms with van der Waals surface area (Å²) in [7, 11) is 0. The van der Waals surface area contributed by atoms with Crippen molar-refractivity contribution in [3.63, 3.8) is 0 Å². The number of ether oxygens (including phenoxy) is 1. The molecule has 5 heteroatoms. The van der Waals surface area contributed by atoms with E-state index < -0.39 is 0 Å². The van der Waals surface area contributed by atoms with Crippen LogP contribution in [0.3, 0.4) is 0 Å². The molecule has 0 bridgehead atoms. The van der Waals surface area contributed by atoms with Crippen molar-refractivity contribution in [3.8, 4) is 0 Å². The Morgan fingerprint density at radius 1 is 1.29 bits per heavy atom. The van der Waals surface area contributed by atoms with Crippen LogP contribution in [0, 0.1) is 11.2 Å². The van der Waals surface area contributed by atoms with Gasteiger partial charge in [0, 0.05) is 39.1 Å². The first-order valence-electron chi connectivity index (χ1n) is 8.66. The van der Waals surface area contributed by atoms with Gasteiger partial charge in [-0.3, -0.25) is 9.69 Å².